The van der Waals surface area contributed by atoms with Gasteiger partial charge in [0.25, 0.3) is 5.91 Å². The molecule has 0 saturated heterocycles. The van der Waals surface area contributed by atoms with Crippen LogP contribution in [0.15, 0.2) is 18.2 Å². The summed E-state index contributed by atoms with van der Waals surface area (Å²) in [5, 5.41) is 2.74. The van der Waals surface area contributed by atoms with Crippen molar-refractivity contribution in [2.75, 3.05) is 31.4 Å². The maximum absolute atomic E-state index is 11.9. The molecule has 5 nitrogen and oxygen atoms in total. The minimum absolute atomic E-state index is 0.271. The minimum atomic E-state index is -0.836. The molecule has 100 valence electrons. The number of hydrogen-bond donors (Lipinski definition) is 2. The van der Waals surface area contributed by atoms with Gasteiger partial charge in [0.2, 0.25) is 0 Å². The van der Waals surface area contributed by atoms with E-state index in [2.05, 4.69) is 5.32 Å². The third-order valence-corrected chi connectivity index (χ3v) is 3.26. The van der Waals surface area contributed by atoms with Crippen molar-refractivity contribution in [2.24, 2.45) is 0 Å². The van der Waals surface area contributed by atoms with Gasteiger partial charge >= 0.3 is 0 Å². The maximum atomic E-state index is 11.9. The Balaban J connectivity index is 2.64. The van der Waals surface area contributed by atoms with Crippen molar-refractivity contribution in [3.05, 3.63) is 23.8 Å². The lowest BCUT2D eigenvalue weighted by Crippen LogP contribution is -2.26. The van der Waals surface area contributed by atoms with Crippen molar-refractivity contribution in [1.29, 1.82) is 0 Å². The molecule has 0 radical (unpaired) electrons. The van der Waals surface area contributed by atoms with E-state index in [9.17, 15) is 9.00 Å². The van der Waals surface area contributed by atoms with E-state index in [0.29, 0.717) is 35.7 Å². The number of nitrogen functional groups attached to an aromatic ring is 1. The average molecular weight is 270 g/mol. The molecule has 1 rings (SSSR count). The Hall–Kier alpha value is -1.56. The summed E-state index contributed by atoms with van der Waals surface area (Å²) in [7, 11) is 0.656. The van der Waals surface area contributed by atoms with E-state index < -0.39 is 10.8 Å². The number of carbonyl (C=O) groups is 1. The van der Waals surface area contributed by atoms with Crippen LogP contribution in [0, 0.1) is 0 Å². The molecule has 6 heteroatoms. The zero-order valence-electron chi connectivity index (χ0n) is 10.6. The van der Waals surface area contributed by atoms with Crippen LogP contribution < -0.4 is 15.8 Å². The van der Waals surface area contributed by atoms with Crippen LogP contribution in [0.25, 0.3) is 0 Å². The first-order valence-corrected chi connectivity index (χ1v) is 7.29. The van der Waals surface area contributed by atoms with Crippen LogP contribution in [0.3, 0.4) is 0 Å². The Bertz CT molecular complexity index is 449. The van der Waals surface area contributed by atoms with E-state index in [-0.39, 0.29) is 5.91 Å². The van der Waals surface area contributed by atoms with Crippen LogP contribution in [0.2, 0.25) is 0 Å². The van der Waals surface area contributed by atoms with Crippen LogP contribution in [-0.4, -0.2) is 35.8 Å². The molecule has 0 aliphatic carbocycles. The van der Waals surface area contributed by atoms with Crippen LogP contribution in [0.5, 0.6) is 5.75 Å². The van der Waals surface area contributed by atoms with Crippen molar-refractivity contribution in [2.45, 2.75) is 6.42 Å². The molecule has 1 aromatic carbocycles. The third-order valence-electron chi connectivity index (χ3n) is 2.40. The molecule has 1 unspecified atom stereocenters. The first-order valence-electron chi connectivity index (χ1n) is 5.57. The number of hydrogen-bond acceptors (Lipinski definition) is 4. The minimum Gasteiger partial charge on any atom is -0.496 e. The first kappa shape index (κ1) is 14.5. The van der Waals surface area contributed by atoms with E-state index in [1.165, 1.54) is 7.11 Å². The van der Waals surface area contributed by atoms with Gasteiger partial charge in [0.1, 0.15) is 11.3 Å². The number of benzene rings is 1. The van der Waals surface area contributed by atoms with E-state index in [0.717, 1.165) is 0 Å². The average Bonchev–Trinajstić information content (AvgIpc) is 2.33. The number of rotatable bonds is 6. The highest BCUT2D eigenvalue weighted by Gasteiger charge is 2.14. The fourth-order valence-corrected chi connectivity index (χ4v) is 2.08. The lowest BCUT2D eigenvalue weighted by atomic mass is 10.1. The number of amides is 1. The largest absolute Gasteiger partial charge is 0.496 e. The van der Waals surface area contributed by atoms with Gasteiger partial charge in [-0.3, -0.25) is 9.00 Å². The fourth-order valence-electron chi connectivity index (χ4n) is 1.53. The highest BCUT2D eigenvalue weighted by Crippen LogP contribution is 2.23. The second kappa shape index (κ2) is 7.00. The topological polar surface area (TPSA) is 81.4 Å². The van der Waals surface area contributed by atoms with E-state index in [1.54, 1.807) is 24.5 Å². The van der Waals surface area contributed by atoms with Gasteiger partial charge in [-0.05, 0) is 18.6 Å². The van der Waals surface area contributed by atoms with Crippen molar-refractivity contribution < 1.29 is 13.7 Å². The van der Waals surface area contributed by atoms with Gasteiger partial charge in [0.05, 0.1) is 7.11 Å². The summed E-state index contributed by atoms with van der Waals surface area (Å²) in [6, 6.07) is 5.07. The van der Waals surface area contributed by atoms with E-state index in [1.807, 2.05) is 0 Å². The number of ether oxygens (including phenoxy) is 1. The zero-order valence-corrected chi connectivity index (χ0v) is 11.4. The molecule has 0 bridgehead atoms. The van der Waals surface area contributed by atoms with E-state index in [4.69, 9.17) is 10.5 Å². The van der Waals surface area contributed by atoms with Crippen molar-refractivity contribution in [1.82, 2.24) is 5.32 Å². The molecular formula is C12H18N2O3S. The van der Waals surface area contributed by atoms with Gasteiger partial charge in [-0.2, -0.15) is 0 Å². The molecule has 3 N–H and O–H groups in total. The normalized spacial score (nSPS) is 11.9. The highest BCUT2D eigenvalue weighted by atomic mass is 32.2. The molecule has 0 spiro atoms. The van der Waals surface area contributed by atoms with Gasteiger partial charge in [-0.15, -0.1) is 0 Å². The van der Waals surface area contributed by atoms with Crippen molar-refractivity contribution in [3.8, 4) is 5.75 Å². The van der Waals surface area contributed by atoms with Gasteiger partial charge in [-0.1, -0.05) is 6.07 Å². The van der Waals surface area contributed by atoms with Gasteiger partial charge in [-0.25, -0.2) is 0 Å². The number of nitrogens with two attached hydrogens (primary N) is 1. The molecule has 1 atom stereocenters. The summed E-state index contributed by atoms with van der Waals surface area (Å²) in [4.78, 5) is 11.9. The second-order valence-corrected chi connectivity index (χ2v) is 5.37. The molecule has 0 heterocycles. The molecule has 18 heavy (non-hydrogen) atoms. The predicted octanol–water partition coefficient (Wildman–Crippen LogP) is 0.776. The highest BCUT2D eigenvalue weighted by molar-refractivity contribution is 7.84. The molecular weight excluding hydrogens is 252 g/mol. The van der Waals surface area contributed by atoms with Crippen LogP contribution in [0.1, 0.15) is 16.8 Å². The number of carbonyl (C=O) groups excluding carboxylic acids is 1. The standard InChI is InChI=1S/C12H18N2O3S/c1-17-10-6-3-5-9(13)11(10)12(15)14-7-4-8-18(2)16/h3,5-6H,4,7-8,13H2,1-2H3,(H,14,15). The Morgan fingerprint density at radius 2 is 2.22 bits per heavy atom. The number of nitrogens with one attached hydrogen (secondary N) is 1. The van der Waals surface area contributed by atoms with Gasteiger partial charge in [0, 0.05) is 35.0 Å². The summed E-state index contributed by atoms with van der Waals surface area (Å²) < 4.78 is 16.0. The fraction of sp³-hybridized carbons (Fsp3) is 0.417. The molecule has 0 aliphatic heterocycles. The van der Waals surface area contributed by atoms with Gasteiger partial charge in [0.15, 0.2) is 0 Å². The van der Waals surface area contributed by atoms with Crippen LogP contribution in [-0.2, 0) is 10.8 Å². The number of methoxy groups -OCH3 is 1. The zero-order chi connectivity index (χ0) is 13.5. The Morgan fingerprint density at radius 1 is 1.50 bits per heavy atom. The summed E-state index contributed by atoms with van der Waals surface area (Å²) in [5.41, 5.74) is 6.49. The molecule has 0 saturated carbocycles. The van der Waals surface area contributed by atoms with Crippen molar-refractivity contribution in [3.63, 3.8) is 0 Å². The molecule has 1 amide bonds. The predicted molar refractivity (Wildman–Crippen MR) is 73.3 cm³/mol. The SMILES string of the molecule is COc1cccc(N)c1C(=O)NCCCS(C)=O. The lowest BCUT2D eigenvalue weighted by Gasteiger charge is -2.11. The van der Waals surface area contributed by atoms with E-state index >= 15 is 0 Å². The molecule has 0 fully saturated rings. The summed E-state index contributed by atoms with van der Waals surface area (Å²) in [5.74, 6) is 0.750. The Labute approximate surface area is 109 Å². The second-order valence-electron chi connectivity index (χ2n) is 3.81. The number of anilines is 1. The Kier molecular flexibility index (Phi) is 5.64. The smallest absolute Gasteiger partial charge is 0.257 e. The maximum Gasteiger partial charge on any atom is 0.257 e. The summed E-state index contributed by atoms with van der Waals surface area (Å²) in [6.07, 6.45) is 2.31. The van der Waals surface area contributed by atoms with Crippen molar-refractivity contribution >= 4 is 22.4 Å². The third kappa shape index (κ3) is 4.03. The summed E-state index contributed by atoms with van der Waals surface area (Å²) >= 11 is 0. The molecule has 1 aromatic rings. The van der Waals surface area contributed by atoms with Crippen LogP contribution in [0.4, 0.5) is 5.69 Å². The first-order chi connectivity index (χ1) is 8.56. The quantitative estimate of drug-likeness (QED) is 0.591. The monoisotopic (exact) mass is 270 g/mol. The van der Waals surface area contributed by atoms with Crippen LogP contribution >= 0.6 is 0 Å². The molecule has 0 aromatic heterocycles. The summed E-state index contributed by atoms with van der Waals surface area (Å²) in [6.45, 7) is 0.468. The molecule has 0 aliphatic rings. The van der Waals surface area contributed by atoms with Gasteiger partial charge < -0.3 is 15.8 Å². The Morgan fingerprint density at radius 3 is 2.83 bits per heavy atom. The lowest BCUT2D eigenvalue weighted by molar-refractivity contribution is 0.0951.